The van der Waals surface area contributed by atoms with E-state index in [1.54, 1.807) is 17.7 Å². The van der Waals surface area contributed by atoms with Crippen LogP contribution in [0.3, 0.4) is 0 Å². The molecule has 6 nitrogen and oxygen atoms in total. The maximum atomic E-state index is 11.4. The van der Waals surface area contributed by atoms with Crippen molar-refractivity contribution in [2.75, 3.05) is 12.8 Å². The van der Waals surface area contributed by atoms with Gasteiger partial charge >= 0.3 is 5.69 Å². The third-order valence-corrected chi connectivity index (χ3v) is 3.35. The molecule has 0 radical (unpaired) electrons. The van der Waals surface area contributed by atoms with Crippen molar-refractivity contribution in [3.05, 3.63) is 28.7 Å². The van der Waals surface area contributed by atoms with Crippen LogP contribution in [0, 0.1) is 0 Å². The van der Waals surface area contributed by atoms with E-state index < -0.39 is 0 Å². The van der Waals surface area contributed by atoms with E-state index in [2.05, 4.69) is 10.2 Å². The van der Waals surface area contributed by atoms with Crippen LogP contribution in [0.4, 0.5) is 5.69 Å². The van der Waals surface area contributed by atoms with Gasteiger partial charge < -0.3 is 10.5 Å². The topological polar surface area (TPSA) is 85.9 Å². The van der Waals surface area contributed by atoms with Gasteiger partial charge in [0.25, 0.3) is 0 Å². The highest BCUT2D eigenvalue weighted by Gasteiger charge is 2.09. The van der Waals surface area contributed by atoms with E-state index in [1.165, 1.54) is 11.8 Å². The molecular weight excluding hydrogens is 252 g/mol. The van der Waals surface area contributed by atoms with Gasteiger partial charge in [-0.2, -0.15) is 0 Å². The summed E-state index contributed by atoms with van der Waals surface area (Å²) in [7, 11) is 1.58. The van der Waals surface area contributed by atoms with Crippen LogP contribution in [0.15, 0.2) is 33.0 Å². The second-order valence-corrected chi connectivity index (χ2v) is 4.64. The standard InChI is InChI=1S/C11H14N4O2S/c1-3-15-10(16)13-14-11(15)18-9-5-7(12)4-8(6-9)17-2/h4-6H,3,12H2,1-2H3,(H,13,16). The Balaban J connectivity index is 2.33. The highest BCUT2D eigenvalue weighted by atomic mass is 32.2. The SMILES string of the molecule is CCn1c(Sc2cc(N)cc(OC)c2)n[nH]c1=O. The summed E-state index contributed by atoms with van der Waals surface area (Å²) in [5.74, 6) is 0.679. The zero-order chi connectivity index (χ0) is 13.1. The van der Waals surface area contributed by atoms with Crippen LogP contribution in [0.25, 0.3) is 0 Å². The lowest BCUT2D eigenvalue weighted by atomic mass is 10.3. The minimum Gasteiger partial charge on any atom is -0.497 e. The molecule has 0 amide bonds. The summed E-state index contributed by atoms with van der Waals surface area (Å²) in [4.78, 5) is 12.3. The lowest BCUT2D eigenvalue weighted by molar-refractivity contribution is 0.414. The fourth-order valence-corrected chi connectivity index (χ4v) is 2.53. The maximum absolute atomic E-state index is 11.4. The van der Waals surface area contributed by atoms with Gasteiger partial charge in [0.1, 0.15) is 5.75 Å². The Kier molecular flexibility index (Phi) is 3.61. The maximum Gasteiger partial charge on any atom is 0.343 e. The quantitative estimate of drug-likeness (QED) is 0.815. The monoisotopic (exact) mass is 266 g/mol. The second-order valence-electron chi connectivity index (χ2n) is 3.60. The van der Waals surface area contributed by atoms with E-state index in [-0.39, 0.29) is 5.69 Å². The molecule has 0 aliphatic rings. The number of nitrogens with one attached hydrogen (secondary N) is 1. The van der Waals surface area contributed by atoms with E-state index in [4.69, 9.17) is 10.5 Å². The zero-order valence-electron chi connectivity index (χ0n) is 10.1. The highest BCUT2D eigenvalue weighted by Crippen LogP contribution is 2.30. The zero-order valence-corrected chi connectivity index (χ0v) is 11.0. The number of nitrogens with two attached hydrogens (primary N) is 1. The first-order chi connectivity index (χ1) is 8.63. The van der Waals surface area contributed by atoms with Gasteiger partial charge in [-0.25, -0.2) is 9.89 Å². The largest absolute Gasteiger partial charge is 0.497 e. The number of nitrogens with zero attached hydrogens (tertiary/aromatic N) is 2. The van der Waals surface area contributed by atoms with E-state index in [9.17, 15) is 4.79 Å². The summed E-state index contributed by atoms with van der Waals surface area (Å²) in [6.45, 7) is 2.46. The molecule has 0 aliphatic heterocycles. The first-order valence-electron chi connectivity index (χ1n) is 5.41. The van der Waals surface area contributed by atoms with Gasteiger partial charge in [-0.3, -0.25) is 4.57 Å². The molecule has 0 fully saturated rings. The van der Waals surface area contributed by atoms with Gasteiger partial charge in [0.05, 0.1) is 7.11 Å². The molecule has 1 aromatic heterocycles. The van der Waals surface area contributed by atoms with Crippen LogP contribution in [-0.2, 0) is 6.54 Å². The summed E-state index contributed by atoms with van der Waals surface area (Å²) < 4.78 is 6.70. The minimum atomic E-state index is -0.212. The van der Waals surface area contributed by atoms with Crippen molar-refractivity contribution in [3.63, 3.8) is 0 Å². The Morgan fingerprint density at radius 2 is 2.28 bits per heavy atom. The summed E-state index contributed by atoms with van der Waals surface area (Å²) in [6, 6.07) is 5.40. The number of aromatic nitrogens is 3. The molecule has 0 spiro atoms. The number of methoxy groups -OCH3 is 1. The van der Waals surface area contributed by atoms with Crippen molar-refractivity contribution < 1.29 is 4.74 Å². The van der Waals surface area contributed by atoms with Crippen molar-refractivity contribution >= 4 is 17.4 Å². The predicted octanol–water partition coefficient (Wildman–Crippen LogP) is 1.33. The first kappa shape index (κ1) is 12.6. The molecule has 0 atom stereocenters. The number of aromatic amines is 1. The number of H-pyrrole nitrogens is 1. The average Bonchev–Trinajstić information content (AvgIpc) is 2.69. The van der Waals surface area contributed by atoms with Gasteiger partial charge in [0.15, 0.2) is 5.16 Å². The molecular formula is C11H14N4O2S. The van der Waals surface area contributed by atoms with Crippen molar-refractivity contribution in [2.45, 2.75) is 23.5 Å². The van der Waals surface area contributed by atoms with Gasteiger partial charge in [-0.1, -0.05) is 0 Å². The number of hydrogen-bond donors (Lipinski definition) is 2. The molecule has 7 heteroatoms. The van der Waals surface area contributed by atoms with Crippen LogP contribution >= 0.6 is 11.8 Å². The number of rotatable bonds is 4. The van der Waals surface area contributed by atoms with Crippen LogP contribution in [0.2, 0.25) is 0 Å². The molecule has 0 aliphatic carbocycles. The van der Waals surface area contributed by atoms with Crippen molar-refractivity contribution in [2.24, 2.45) is 0 Å². The van der Waals surface area contributed by atoms with Crippen LogP contribution in [0.5, 0.6) is 5.75 Å². The molecule has 0 saturated heterocycles. The van der Waals surface area contributed by atoms with Crippen LogP contribution < -0.4 is 16.2 Å². The summed E-state index contributed by atoms with van der Waals surface area (Å²) >= 11 is 1.36. The highest BCUT2D eigenvalue weighted by molar-refractivity contribution is 7.99. The summed E-state index contributed by atoms with van der Waals surface area (Å²) in [6.07, 6.45) is 0. The van der Waals surface area contributed by atoms with Crippen LogP contribution in [0.1, 0.15) is 6.92 Å². The number of nitrogen functional groups attached to an aromatic ring is 1. The average molecular weight is 266 g/mol. The Labute approximate surface area is 108 Å². The molecule has 1 aromatic carbocycles. The third kappa shape index (κ3) is 2.51. The number of benzene rings is 1. The Morgan fingerprint density at radius 1 is 1.50 bits per heavy atom. The third-order valence-electron chi connectivity index (χ3n) is 2.39. The Morgan fingerprint density at radius 3 is 2.94 bits per heavy atom. The van der Waals surface area contributed by atoms with Gasteiger partial charge in [-0.15, -0.1) is 5.10 Å². The van der Waals surface area contributed by atoms with Gasteiger partial charge in [-0.05, 0) is 30.8 Å². The number of ether oxygens (including phenoxy) is 1. The van der Waals surface area contributed by atoms with E-state index >= 15 is 0 Å². The number of hydrogen-bond acceptors (Lipinski definition) is 5. The molecule has 0 unspecified atom stereocenters. The molecule has 1 heterocycles. The first-order valence-corrected chi connectivity index (χ1v) is 6.23. The van der Waals surface area contributed by atoms with E-state index in [0.29, 0.717) is 23.1 Å². The Bertz CT molecular complexity index is 605. The molecule has 3 N–H and O–H groups in total. The van der Waals surface area contributed by atoms with E-state index in [0.717, 1.165) is 4.90 Å². The van der Waals surface area contributed by atoms with Crippen molar-refractivity contribution in [1.82, 2.24) is 14.8 Å². The van der Waals surface area contributed by atoms with Crippen LogP contribution in [-0.4, -0.2) is 21.9 Å². The van der Waals surface area contributed by atoms with Gasteiger partial charge in [0.2, 0.25) is 0 Å². The second kappa shape index (κ2) is 5.18. The molecule has 0 saturated carbocycles. The summed E-state index contributed by atoms with van der Waals surface area (Å²) in [5.41, 5.74) is 6.17. The molecule has 2 aromatic rings. The number of anilines is 1. The van der Waals surface area contributed by atoms with Crippen molar-refractivity contribution in [3.8, 4) is 5.75 Å². The van der Waals surface area contributed by atoms with Gasteiger partial charge in [0, 0.05) is 23.2 Å². The van der Waals surface area contributed by atoms with E-state index in [1.807, 2.05) is 19.1 Å². The fraction of sp³-hybridized carbons (Fsp3) is 0.273. The smallest absolute Gasteiger partial charge is 0.343 e. The normalized spacial score (nSPS) is 10.6. The fourth-order valence-electron chi connectivity index (χ4n) is 1.54. The minimum absolute atomic E-state index is 0.212. The lowest BCUT2D eigenvalue weighted by Crippen LogP contribution is -2.15. The predicted molar refractivity (Wildman–Crippen MR) is 70.1 cm³/mol. The molecule has 2 rings (SSSR count). The molecule has 96 valence electrons. The summed E-state index contributed by atoms with van der Waals surface area (Å²) in [5, 5.41) is 7.01. The molecule has 0 bridgehead atoms. The van der Waals surface area contributed by atoms with Crippen molar-refractivity contribution in [1.29, 1.82) is 0 Å². The Hall–Kier alpha value is -1.89. The lowest BCUT2D eigenvalue weighted by Gasteiger charge is -2.06. The molecule has 18 heavy (non-hydrogen) atoms.